The number of rotatable bonds is 7. The summed E-state index contributed by atoms with van der Waals surface area (Å²) in [5.74, 6) is 1.64. The van der Waals surface area contributed by atoms with Crippen LogP contribution < -0.4 is 10.1 Å². The van der Waals surface area contributed by atoms with Gasteiger partial charge in [0.25, 0.3) is 0 Å². The molecule has 0 bridgehead atoms. The Morgan fingerprint density at radius 3 is 2.37 bits per heavy atom. The van der Waals surface area contributed by atoms with Gasteiger partial charge in [0.05, 0.1) is 7.11 Å². The van der Waals surface area contributed by atoms with E-state index in [1.54, 1.807) is 7.11 Å². The quantitative estimate of drug-likeness (QED) is 0.786. The van der Waals surface area contributed by atoms with Crippen LogP contribution in [-0.4, -0.2) is 13.7 Å². The van der Waals surface area contributed by atoms with Gasteiger partial charge in [0.2, 0.25) is 0 Å². The molecule has 0 spiro atoms. The van der Waals surface area contributed by atoms with Gasteiger partial charge in [0.15, 0.2) is 0 Å². The van der Waals surface area contributed by atoms with Gasteiger partial charge in [0, 0.05) is 18.2 Å². The minimum absolute atomic E-state index is 0.301. The average Bonchev–Trinajstić information content (AvgIpc) is 2.39. The lowest BCUT2D eigenvalue weighted by atomic mass is 9.81. The van der Waals surface area contributed by atoms with Crippen LogP contribution in [0.3, 0.4) is 0 Å². The largest absolute Gasteiger partial charge is 0.496 e. The molecule has 0 heterocycles. The van der Waals surface area contributed by atoms with Crippen molar-refractivity contribution in [2.75, 3.05) is 13.7 Å². The molecule has 2 nitrogen and oxygen atoms in total. The Kier molecular flexibility index (Phi) is 5.86. The van der Waals surface area contributed by atoms with Crippen molar-refractivity contribution < 1.29 is 4.74 Å². The zero-order chi connectivity index (χ0) is 14.5. The Bertz CT molecular complexity index is 385. The predicted molar refractivity (Wildman–Crippen MR) is 82.6 cm³/mol. The second kappa shape index (κ2) is 6.95. The molecule has 1 rings (SSSR count). The van der Waals surface area contributed by atoms with Crippen LogP contribution in [0.4, 0.5) is 0 Å². The fraction of sp³-hybridized carbons (Fsp3) is 0.647. The third-order valence-electron chi connectivity index (χ3n) is 4.29. The molecule has 0 amide bonds. The van der Waals surface area contributed by atoms with Crippen molar-refractivity contribution in [1.82, 2.24) is 5.32 Å². The highest BCUT2D eigenvalue weighted by Crippen LogP contribution is 2.30. The summed E-state index contributed by atoms with van der Waals surface area (Å²) in [6, 6.07) is 8.65. The summed E-state index contributed by atoms with van der Waals surface area (Å²) in [5.41, 5.74) is 1.56. The van der Waals surface area contributed by atoms with Gasteiger partial charge in [-0.3, -0.25) is 0 Å². The van der Waals surface area contributed by atoms with Crippen molar-refractivity contribution in [1.29, 1.82) is 0 Å². The molecule has 1 aromatic rings. The summed E-state index contributed by atoms with van der Waals surface area (Å²) in [4.78, 5) is 0. The number of methoxy groups -OCH3 is 1. The van der Waals surface area contributed by atoms with Crippen LogP contribution in [0, 0.1) is 11.3 Å². The topological polar surface area (TPSA) is 21.3 Å². The normalized spacial score (nSPS) is 13.6. The molecule has 1 N–H and O–H groups in total. The van der Waals surface area contributed by atoms with E-state index in [1.165, 1.54) is 5.56 Å². The van der Waals surface area contributed by atoms with Crippen LogP contribution in [0.25, 0.3) is 0 Å². The summed E-state index contributed by atoms with van der Waals surface area (Å²) in [6.07, 6.45) is 1.06. The van der Waals surface area contributed by atoms with E-state index in [0.29, 0.717) is 17.4 Å². The molecular formula is C17H29NO. The van der Waals surface area contributed by atoms with Crippen molar-refractivity contribution >= 4 is 0 Å². The van der Waals surface area contributed by atoms with Gasteiger partial charge in [-0.2, -0.15) is 0 Å². The lowest BCUT2D eigenvalue weighted by Crippen LogP contribution is -2.35. The predicted octanol–water partition coefficient (Wildman–Crippen LogP) is 4.42. The monoisotopic (exact) mass is 263 g/mol. The summed E-state index contributed by atoms with van der Waals surface area (Å²) >= 11 is 0. The number of ether oxygens (including phenoxy) is 1. The lowest BCUT2D eigenvalue weighted by Gasteiger charge is -2.32. The first kappa shape index (κ1) is 16.0. The number of benzene rings is 1. The molecule has 0 aliphatic rings. The van der Waals surface area contributed by atoms with E-state index in [0.717, 1.165) is 18.7 Å². The highest BCUT2D eigenvalue weighted by atomic mass is 16.5. The highest BCUT2D eigenvalue weighted by molar-refractivity contribution is 5.35. The molecule has 108 valence electrons. The zero-order valence-electron chi connectivity index (χ0n) is 13.3. The van der Waals surface area contributed by atoms with Gasteiger partial charge in [-0.15, -0.1) is 0 Å². The van der Waals surface area contributed by atoms with E-state index >= 15 is 0 Å². The molecule has 2 heteroatoms. The SMILES string of the molecule is CCC(NCC(C)(C)C(C)C)c1ccccc1OC. The molecule has 1 atom stereocenters. The lowest BCUT2D eigenvalue weighted by molar-refractivity contribution is 0.226. The maximum Gasteiger partial charge on any atom is 0.123 e. The maximum atomic E-state index is 5.47. The minimum atomic E-state index is 0.301. The molecule has 0 aromatic heterocycles. The third kappa shape index (κ3) is 4.24. The van der Waals surface area contributed by atoms with Crippen molar-refractivity contribution in [2.24, 2.45) is 11.3 Å². The second-order valence-electron chi connectivity index (χ2n) is 6.23. The Morgan fingerprint density at radius 1 is 1.21 bits per heavy atom. The van der Waals surface area contributed by atoms with Crippen LogP contribution in [0.15, 0.2) is 24.3 Å². The van der Waals surface area contributed by atoms with Crippen molar-refractivity contribution in [3.8, 4) is 5.75 Å². The van der Waals surface area contributed by atoms with Gasteiger partial charge in [-0.05, 0) is 23.8 Å². The third-order valence-corrected chi connectivity index (χ3v) is 4.29. The van der Waals surface area contributed by atoms with Crippen molar-refractivity contribution in [2.45, 2.75) is 47.1 Å². The van der Waals surface area contributed by atoms with Gasteiger partial charge < -0.3 is 10.1 Å². The van der Waals surface area contributed by atoms with Crippen molar-refractivity contribution in [3.05, 3.63) is 29.8 Å². The van der Waals surface area contributed by atoms with Crippen LogP contribution in [-0.2, 0) is 0 Å². The number of nitrogens with one attached hydrogen (secondary N) is 1. The molecule has 0 saturated carbocycles. The molecule has 0 aliphatic carbocycles. The van der Waals surface area contributed by atoms with Crippen LogP contribution in [0.5, 0.6) is 5.75 Å². The van der Waals surface area contributed by atoms with Crippen LogP contribution >= 0.6 is 0 Å². The van der Waals surface area contributed by atoms with Gasteiger partial charge in [-0.1, -0.05) is 52.8 Å². The van der Waals surface area contributed by atoms with Gasteiger partial charge in [0.1, 0.15) is 5.75 Å². The fourth-order valence-electron chi connectivity index (χ4n) is 2.02. The highest BCUT2D eigenvalue weighted by Gasteiger charge is 2.24. The maximum absolute atomic E-state index is 5.47. The number of hydrogen-bond donors (Lipinski definition) is 1. The van der Waals surface area contributed by atoms with Crippen molar-refractivity contribution in [3.63, 3.8) is 0 Å². The summed E-state index contributed by atoms with van der Waals surface area (Å²) in [5, 5.41) is 3.70. The average molecular weight is 263 g/mol. The van der Waals surface area contributed by atoms with Crippen LogP contribution in [0.2, 0.25) is 0 Å². The number of hydrogen-bond acceptors (Lipinski definition) is 2. The molecular weight excluding hydrogens is 234 g/mol. The summed E-state index contributed by atoms with van der Waals surface area (Å²) < 4.78 is 5.47. The Hall–Kier alpha value is -1.02. The van der Waals surface area contributed by atoms with E-state index in [1.807, 2.05) is 12.1 Å². The Balaban J connectivity index is 2.79. The van der Waals surface area contributed by atoms with Crippen LogP contribution in [0.1, 0.15) is 52.6 Å². The molecule has 0 radical (unpaired) electrons. The van der Waals surface area contributed by atoms with E-state index in [-0.39, 0.29) is 0 Å². The minimum Gasteiger partial charge on any atom is -0.496 e. The molecule has 1 unspecified atom stereocenters. The zero-order valence-corrected chi connectivity index (χ0v) is 13.3. The summed E-state index contributed by atoms with van der Waals surface area (Å²) in [7, 11) is 1.74. The van der Waals surface area contributed by atoms with E-state index in [9.17, 15) is 0 Å². The fourth-order valence-corrected chi connectivity index (χ4v) is 2.02. The molecule has 0 fully saturated rings. The van der Waals surface area contributed by atoms with E-state index in [4.69, 9.17) is 4.74 Å². The second-order valence-corrected chi connectivity index (χ2v) is 6.23. The molecule has 0 saturated heterocycles. The Labute approximate surface area is 118 Å². The molecule has 19 heavy (non-hydrogen) atoms. The molecule has 0 aliphatic heterocycles. The van der Waals surface area contributed by atoms with Gasteiger partial charge in [-0.25, -0.2) is 0 Å². The Morgan fingerprint density at radius 2 is 1.84 bits per heavy atom. The van der Waals surface area contributed by atoms with E-state index in [2.05, 4.69) is 52.1 Å². The van der Waals surface area contributed by atoms with Gasteiger partial charge >= 0.3 is 0 Å². The first-order valence-electron chi connectivity index (χ1n) is 7.28. The first-order valence-corrected chi connectivity index (χ1v) is 7.28. The van der Waals surface area contributed by atoms with E-state index < -0.39 is 0 Å². The first-order chi connectivity index (χ1) is 8.92. The standard InChI is InChI=1S/C17H29NO/c1-7-15(18-12-17(4,5)13(2)3)14-10-8-9-11-16(14)19-6/h8-11,13,15,18H,7,12H2,1-6H3. The smallest absolute Gasteiger partial charge is 0.123 e. The molecule has 1 aromatic carbocycles. The number of para-hydroxylation sites is 1. The summed E-state index contributed by atoms with van der Waals surface area (Å²) in [6.45, 7) is 12.4.